The summed E-state index contributed by atoms with van der Waals surface area (Å²) in [5.74, 6) is 0.383. The van der Waals surface area contributed by atoms with Crippen LogP contribution in [0.2, 0.25) is 0 Å². The van der Waals surface area contributed by atoms with Gasteiger partial charge in [0.15, 0.2) is 5.16 Å². The van der Waals surface area contributed by atoms with Gasteiger partial charge >= 0.3 is 0 Å². The third-order valence-electron chi connectivity index (χ3n) is 3.93. The zero-order chi connectivity index (χ0) is 19.2. The van der Waals surface area contributed by atoms with E-state index in [1.807, 2.05) is 25.1 Å². The molecule has 4 nitrogen and oxygen atoms in total. The summed E-state index contributed by atoms with van der Waals surface area (Å²) in [6, 6.07) is 14.0. The molecule has 1 aromatic heterocycles. The third kappa shape index (κ3) is 5.58. The molecule has 0 saturated carbocycles. The van der Waals surface area contributed by atoms with Crippen molar-refractivity contribution >= 4 is 35.1 Å². The number of aromatic nitrogens is 2. The molecule has 27 heavy (non-hydrogen) atoms. The second-order valence-corrected chi connectivity index (χ2v) is 8.27. The van der Waals surface area contributed by atoms with E-state index in [4.69, 9.17) is 0 Å². The first kappa shape index (κ1) is 19.5. The van der Waals surface area contributed by atoms with E-state index in [-0.39, 0.29) is 5.91 Å². The topological polar surface area (TPSA) is 54.9 Å². The van der Waals surface area contributed by atoms with Crippen LogP contribution in [0.4, 0.5) is 5.69 Å². The molecule has 0 radical (unpaired) electrons. The molecule has 138 valence electrons. The Hall–Kier alpha value is -2.31. The van der Waals surface area contributed by atoms with E-state index in [0.717, 1.165) is 21.0 Å². The van der Waals surface area contributed by atoms with E-state index in [0.29, 0.717) is 10.9 Å². The van der Waals surface area contributed by atoms with Gasteiger partial charge in [0.05, 0.1) is 5.75 Å². The Morgan fingerprint density at radius 1 is 1.00 bits per heavy atom. The summed E-state index contributed by atoms with van der Waals surface area (Å²) in [6.07, 6.45) is 3.45. The van der Waals surface area contributed by atoms with Gasteiger partial charge in [-0.3, -0.25) is 4.79 Å². The summed E-state index contributed by atoms with van der Waals surface area (Å²) in [5.41, 5.74) is 4.25. The molecule has 1 heterocycles. The number of carbonyl (C=O) groups excluding carboxylic acids is 1. The van der Waals surface area contributed by atoms with Crippen molar-refractivity contribution in [3.05, 3.63) is 71.5 Å². The molecule has 0 aliphatic carbocycles. The zero-order valence-corrected chi connectivity index (χ0v) is 17.2. The number of benzene rings is 2. The predicted octanol–water partition coefficient (Wildman–Crippen LogP) is 5.28. The van der Waals surface area contributed by atoms with E-state index >= 15 is 0 Å². The summed E-state index contributed by atoms with van der Waals surface area (Å²) in [4.78, 5) is 23.0. The van der Waals surface area contributed by atoms with Gasteiger partial charge in [0, 0.05) is 27.9 Å². The maximum Gasteiger partial charge on any atom is 0.234 e. The number of hydrogen-bond donors (Lipinski definition) is 1. The molecule has 0 bridgehead atoms. The molecular formula is C21H21N3OS2. The highest BCUT2D eigenvalue weighted by molar-refractivity contribution is 8.00. The normalized spacial score (nSPS) is 10.6. The number of rotatable bonds is 6. The molecule has 0 fully saturated rings. The van der Waals surface area contributed by atoms with Crippen molar-refractivity contribution in [1.29, 1.82) is 0 Å². The monoisotopic (exact) mass is 395 g/mol. The van der Waals surface area contributed by atoms with E-state index in [1.165, 1.54) is 22.9 Å². The maximum atomic E-state index is 12.4. The molecule has 1 amide bonds. The van der Waals surface area contributed by atoms with Crippen LogP contribution in [0.5, 0.6) is 0 Å². The maximum absolute atomic E-state index is 12.4. The zero-order valence-electron chi connectivity index (χ0n) is 15.5. The van der Waals surface area contributed by atoms with Crippen LogP contribution in [-0.4, -0.2) is 21.6 Å². The van der Waals surface area contributed by atoms with Crippen LogP contribution in [-0.2, 0) is 4.79 Å². The first-order valence-electron chi connectivity index (χ1n) is 8.57. The molecule has 1 N–H and O–H groups in total. The van der Waals surface area contributed by atoms with Crippen LogP contribution in [0.3, 0.4) is 0 Å². The Morgan fingerprint density at radius 3 is 2.52 bits per heavy atom. The fourth-order valence-electron chi connectivity index (χ4n) is 2.48. The van der Waals surface area contributed by atoms with Crippen LogP contribution < -0.4 is 5.32 Å². The number of thioether (sulfide) groups is 1. The summed E-state index contributed by atoms with van der Waals surface area (Å²) in [6.45, 7) is 6.12. The Labute approximate surface area is 168 Å². The summed E-state index contributed by atoms with van der Waals surface area (Å²) < 4.78 is 0. The number of hydrogen-bond acceptors (Lipinski definition) is 5. The molecule has 0 aliphatic heterocycles. The van der Waals surface area contributed by atoms with Gasteiger partial charge in [-0.1, -0.05) is 17.7 Å². The molecule has 6 heteroatoms. The first-order valence-corrected chi connectivity index (χ1v) is 10.4. The highest BCUT2D eigenvalue weighted by Gasteiger charge is 2.09. The van der Waals surface area contributed by atoms with Crippen molar-refractivity contribution in [2.24, 2.45) is 0 Å². The predicted molar refractivity (Wildman–Crippen MR) is 113 cm³/mol. The minimum absolute atomic E-state index is 0.00389. The Morgan fingerprint density at radius 2 is 1.78 bits per heavy atom. The van der Waals surface area contributed by atoms with Gasteiger partial charge in [0.1, 0.15) is 0 Å². The lowest BCUT2D eigenvalue weighted by Crippen LogP contribution is -2.14. The Balaban J connectivity index is 1.60. The van der Waals surface area contributed by atoms with Crippen molar-refractivity contribution in [2.75, 3.05) is 11.1 Å². The minimum atomic E-state index is -0.00389. The molecule has 2 aromatic carbocycles. The number of nitrogens with one attached hydrogen (secondary N) is 1. The van der Waals surface area contributed by atoms with Gasteiger partial charge in [-0.05, 0) is 74.0 Å². The van der Waals surface area contributed by atoms with Crippen LogP contribution in [0.1, 0.15) is 16.7 Å². The number of nitrogens with zero attached hydrogens (tertiary/aromatic N) is 2. The SMILES string of the molecule is Cc1ccc(C)c(SCC(=O)Nc2ccc(Sc3ncccn3)cc2C)c1. The molecule has 0 aliphatic rings. The number of amides is 1. The van der Waals surface area contributed by atoms with Crippen LogP contribution >= 0.6 is 23.5 Å². The van der Waals surface area contributed by atoms with E-state index in [9.17, 15) is 4.79 Å². The fourth-order valence-corrected chi connectivity index (χ4v) is 4.21. The van der Waals surface area contributed by atoms with E-state index < -0.39 is 0 Å². The van der Waals surface area contributed by atoms with Gasteiger partial charge in [-0.15, -0.1) is 11.8 Å². The fraction of sp³-hybridized carbons (Fsp3) is 0.190. The van der Waals surface area contributed by atoms with Crippen molar-refractivity contribution in [1.82, 2.24) is 9.97 Å². The van der Waals surface area contributed by atoms with E-state index in [1.54, 1.807) is 30.2 Å². The van der Waals surface area contributed by atoms with Crippen molar-refractivity contribution in [2.45, 2.75) is 35.7 Å². The number of carbonyl (C=O) groups is 1. The molecule has 0 unspecified atom stereocenters. The molecule has 3 rings (SSSR count). The average Bonchev–Trinajstić information content (AvgIpc) is 2.65. The minimum Gasteiger partial charge on any atom is -0.325 e. The van der Waals surface area contributed by atoms with Gasteiger partial charge in [0.25, 0.3) is 0 Å². The average molecular weight is 396 g/mol. The lowest BCUT2D eigenvalue weighted by molar-refractivity contribution is -0.113. The standard InChI is InChI=1S/C21H21N3OS2/c1-14-5-6-15(2)19(11-14)26-13-20(25)24-18-8-7-17(12-16(18)3)27-21-22-9-4-10-23-21/h4-12H,13H2,1-3H3,(H,24,25). The van der Waals surface area contributed by atoms with Gasteiger partial charge in [-0.25, -0.2) is 9.97 Å². The largest absolute Gasteiger partial charge is 0.325 e. The smallest absolute Gasteiger partial charge is 0.234 e. The van der Waals surface area contributed by atoms with Crippen molar-refractivity contribution in [3.63, 3.8) is 0 Å². The molecule has 3 aromatic rings. The summed E-state index contributed by atoms with van der Waals surface area (Å²) in [7, 11) is 0. The first-order chi connectivity index (χ1) is 13.0. The number of anilines is 1. The van der Waals surface area contributed by atoms with Crippen LogP contribution in [0.25, 0.3) is 0 Å². The lowest BCUT2D eigenvalue weighted by Gasteiger charge is -2.11. The highest BCUT2D eigenvalue weighted by Crippen LogP contribution is 2.28. The van der Waals surface area contributed by atoms with Crippen LogP contribution in [0, 0.1) is 20.8 Å². The Bertz CT molecular complexity index is 945. The second kappa shape index (κ2) is 9.06. The molecule has 0 saturated heterocycles. The van der Waals surface area contributed by atoms with Crippen molar-refractivity contribution < 1.29 is 4.79 Å². The molecular weight excluding hydrogens is 374 g/mol. The summed E-state index contributed by atoms with van der Waals surface area (Å²) >= 11 is 3.07. The van der Waals surface area contributed by atoms with E-state index in [2.05, 4.69) is 47.3 Å². The lowest BCUT2D eigenvalue weighted by atomic mass is 10.2. The molecule has 0 spiro atoms. The van der Waals surface area contributed by atoms with Crippen LogP contribution in [0.15, 0.2) is 69.8 Å². The van der Waals surface area contributed by atoms with Gasteiger partial charge in [0.2, 0.25) is 5.91 Å². The quantitative estimate of drug-likeness (QED) is 0.454. The molecule has 0 atom stereocenters. The Kier molecular flexibility index (Phi) is 6.53. The van der Waals surface area contributed by atoms with Crippen molar-refractivity contribution in [3.8, 4) is 0 Å². The highest BCUT2D eigenvalue weighted by atomic mass is 32.2. The number of aryl methyl sites for hydroxylation is 3. The van der Waals surface area contributed by atoms with Gasteiger partial charge < -0.3 is 5.32 Å². The second-order valence-electron chi connectivity index (χ2n) is 6.22. The summed E-state index contributed by atoms with van der Waals surface area (Å²) in [5, 5.41) is 3.71. The van der Waals surface area contributed by atoms with Gasteiger partial charge in [-0.2, -0.15) is 0 Å². The third-order valence-corrected chi connectivity index (χ3v) is 5.97.